The zero-order valence-electron chi connectivity index (χ0n) is 15.7. The predicted molar refractivity (Wildman–Crippen MR) is 108 cm³/mol. The van der Waals surface area contributed by atoms with Gasteiger partial charge in [-0.2, -0.15) is 0 Å². The highest BCUT2D eigenvalue weighted by Crippen LogP contribution is 2.34. The maximum absolute atomic E-state index is 11.3. The first-order valence-corrected chi connectivity index (χ1v) is 9.53. The van der Waals surface area contributed by atoms with Crippen molar-refractivity contribution in [3.63, 3.8) is 0 Å². The van der Waals surface area contributed by atoms with Crippen LogP contribution in [0.3, 0.4) is 0 Å². The van der Waals surface area contributed by atoms with Crippen LogP contribution in [0.25, 0.3) is 11.1 Å². The summed E-state index contributed by atoms with van der Waals surface area (Å²) in [6.07, 6.45) is 4.78. The molecule has 0 amide bonds. The van der Waals surface area contributed by atoms with E-state index in [0.717, 1.165) is 41.4 Å². The van der Waals surface area contributed by atoms with Crippen LogP contribution in [0.15, 0.2) is 72.8 Å². The van der Waals surface area contributed by atoms with Crippen LogP contribution in [0.2, 0.25) is 0 Å². The summed E-state index contributed by atoms with van der Waals surface area (Å²) in [5.41, 5.74) is 1.91. The fourth-order valence-corrected chi connectivity index (χ4v) is 2.88. The first-order chi connectivity index (χ1) is 13.3. The van der Waals surface area contributed by atoms with Gasteiger partial charge >= 0.3 is 0 Å². The molecular formula is C24H25O3. The minimum absolute atomic E-state index is 0.00225. The molecule has 0 aromatic heterocycles. The third kappa shape index (κ3) is 5.52. The van der Waals surface area contributed by atoms with Crippen molar-refractivity contribution in [3.05, 3.63) is 72.8 Å². The van der Waals surface area contributed by atoms with Crippen LogP contribution in [0.4, 0.5) is 0 Å². The van der Waals surface area contributed by atoms with Crippen LogP contribution in [0, 0.1) is 0 Å². The Kier molecular flexibility index (Phi) is 6.75. The standard InChI is InChI=1S/C24H25O3/c1-2-3-4-7-18-26-21-14-16-22(17-15-21)27-24-9-6-5-8-23(24)19-10-12-20(25)13-11-19/h5-6,8-17H,2-4,7,18H2,1H3. The Morgan fingerprint density at radius 3 is 2.19 bits per heavy atom. The lowest BCUT2D eigenvalue weighted by atomic mass is 10.0. The number of unbranched alkanes of at least 4 members (excludes halogenated alkanes) is 3. The summed E-state index contributed by atoms with van der Waals surface area (Å²) in [4.78, 5) is 0. The van der Waals surface area contributed by atoms with Crippen molar-refractivity contribution in [2.45, 2.75) is 32.6 Å². The van der Waals surface area contributed by atoms with Crippen LogP contribution in [0.1, 0.15) is 32.6 Å². The van der Waals surface area contributed by atoms with E-state index >= 15 is 0 Å². The van der Waals surface area contributed by atoms with Crippen molar-refractivity contribution in [3.8, 4) is 34.1 Å². The summed E-state index contributed by atoms with van der Waals surface area (Å²) in [6, 6.07) is 22.3. The van der Waals surface area contributed by atoms with Crippen molar-refractivity contribution in [1.82, 2.24) is 0 Å². The molecule has 0 bridgehead atoms. The molecule has 3 aromatic rings. The molecule has 3 rings (SSSR count). The van der Waals surface area contributed by atoms with Crippen molar-refractivity contribution in [2.24, 2.45) is 0 Å². The molecule has 0 aliphatic carbocycles. The zero-order valence-corrected chi connectivity index (χ0v) is 15.7. The highest BCUT2D eigenvalue weighted by molar-refractivity contribution is 5.71. The maximum Gasteiger partial charge on any atom is 0.178 e. The summed E-state index contributed by atoms with van der Waals surface area (Å²) < 4.78 is 11.8. The molecular weight excluding hydrogens is 336 g/mol. The van der Waals surface area contributed by atoms with Gasteiger partial charge in [0.15, 0.2) is 5.75 Å². The number of hydrogen-bond acceptors (Lipinski definition) is 2. The smallest absolute Gasteiger partial charge is 0.178 e. The van der Waals surface area contributed by atoms with Crippen LogP contribution in [0.5, 0.6) is 23.0 Å². The summed E-state index contributed by atoms with van der Waals surface area (Å²) in [5, 5.41) is 11.3. The molecule has 3 nitrogen and oxygen atoms in total. The van der Waals surface area contributed by atoms with Crippen LogP contribution in [-0.2, 0) is 5.11 Å². The van der Waals surface area contributed by atoms with Crippen molar-refractivity contribution in [1.29, 1.82) is 0 Å². The Bertz CT molecular complexity index is 823. The second-order valence-electron chi connectivity index (χ2n) is 6.50. The summed E-state index contributed by atoms with van der Waals surface area (Å²) in [7, 11) is 0. The van der Waals surface area contributed by atoms with Gasteiger partial charge in [-0.1, -0.05) is 56.5 Å². The molecule has 27 heavy (non-hydrogen) atoms. The SMILES string of the molecule is CCCCCCOc1ccc(Oc2ccccc2-c2ccc([O])cc2)cc1. The molecule has 0 fully saturated rings. The predicted octanol–water partition coefficient (Wildman–Crippen LogP) is 7.25. The first-order valence-electron chi connectivity index (χ1n) is 9.53. The van der Waals surface area contributed by atoms with Gasteiger partial charge in [0.2, 0.25) is 0 Å². The van der Waals surface area contributed by atoms with Gasteiger partial charge < -0.3 is 9.47 Å². The van der Waals surface area contributed by atoms with Gasteiger partial charge in [0.1, 0.15) is 17.2 Å². The molecule has 1 radical (unpaired) electrons. The monoisotopic (exact) mass is 361 g/mol. The van der Waals surface area contributed by atoms with E-state index in [1.165, 1.54) is 19.3 Å². The average molecular weight is 361 g/mol. The topological polar surface area (TPSA) is 38.4 Å². The van der Waals surface area contributed by atoms with Gasteiger partial charge in [-0.25, -0.2) is 0 Å². The maximum atomic E-state index is 11.3. The zero-order chi connectivity index (χ0) is 18.9. The molecule has 0 aliphatic rings. The van der Waals surface area contributed by atoms with E-state index in [1.54, 1.807) is 12.1 Å². The third-order valence-electron chi connectivity index (χ3n) is 4.37. The molecule has 0 atom stereocenters. The Labute approximate surface area is 161 Å². The van der Waals surface area contributed by atoms with E-state index in [1.807, 2.05) is 60.7 Å². The van der Waals surface area contributed by atoms with Crippen LogP contribution >= 0.6 is 0 Å². The Hall–Kier alpha value is -2.94. The van der Waals surface area contributed by atoms with E-state index in [2.05, 4.69) is 6.92 Å². The lowest BCUT2D eigenvalue weighted by Crippen LogP contribution is -1.97. The van der Waals surface area contributed by atoms with Gasteiger partial charge in [0.05, 0.1) is 6.61 Å². The van der Waals surface area contributed by atoms with Gasteiger partial charge in [0, 0.05) is 5.56 Å². The van der Waals surface area contributed by atoms with E-state index in [-0.39, 0.29) is 5.75 Å². The second-order valence-corrected chi connectivity index (χ2v) is 6.50. The van der Waals surface area contributed by atoms with E-state index in [9.17, 15) is 5.11 Å². The quantitative estimate of drug-likeness (QED) is 0.376. The molecule has 139 valence electrons. The fourth-order valence-electron chi connectivity index (χ4n) is 2.88. The fraction of sp³-hybridized carbons (Fsp3) is 0.250. The summed E-state index contributed by atoms with van der Waals surface area (Å²) in [6.45, 7) is 2.95. The molecule has 3 heteroatoms. The summed E-state index contributed by atoms with van der Waals surface area (Å²) in [5.74, 6) is 2.37. The van der Waals surface area contributed by atoms with Gasteiger partial charge in [0.25, 0.3) is 0 Å². The molecule has 0 heterocycles. The van der Waals surface area contributed by atoms with E-state index in [4.69, 9.17) is 9.47 Å². The lowest BCUT2D eigenvalue weighted by molar-refractivity contribution is 0.304. The van der Waals surface area contributed by atoms with Crippen LogP contribution in [-0.4, -0.2) is 6.61 Å². The lowest BCUT2D eigenvalue weighted by Gasteiger charge is -2.12. The Balaban J connectivity index is 1.65. The van der Waals surface area contributed by atoms with Gasteiger partial charge in [-0.15, -0.1) is 0 Å². The molecule has 0 unspecified atom stereocenters. The minimum atomic E-state index is 0.00225. The molecule has 0 aliphatic heterocycles. The van der Waals surface area contributed by atoms with Crippen molar-refractivity contribution in [2.75, 3.05) is 6.61 Å². The Morgan fingerprint density at radius 2 is 1.44 bits per heavy atom. The normalized spacial score (nSPS) is 10.6. The van der Waals surface area contributed by atoms with Gasteiger partial charge in [-0.05, 0) is 54.4 Å². The molecule has 0 saturated carbocycles. The van der Waals surface area contributed by atoms with Crippen LogP contribution < -0.4 is 9.47 Å². The highest BCUT2D eigenvalue weighted by atomic mass is 16.5. The Morgan fingerprint density at radius 1 is 0.741 bits per heavy atom. The number of rotatable bonds is 9. The number of para-hydroxylation sites is 1. The van der Waals surface area contributed by atoms with Crippen molar-refractivity contribution >= 4 is 0 Å². The van der Waals surface area contributed by atoms with E-state index in [0.29, 0.717) is 0 Å². The van der Waals surface area contributed by atoms with Gasteiger partial charge in [-0.3, -0.25) is 5.11 Å². The summed E-state index contributed by atoms with van der Waals surface area (Å²) >= 11 is 0. The second kappa shape index (κ2) is 9.67. The largest absolute Gasteiger partial charge is 0.494 e. The first kappa shape index (κ1) is 18.8. The minimum Gasteiger partial charge on any atom is -0.494 e. The highest BCUT2D eigenvalue weighted by Gasteiger charge is 2.07. The number of hydrogen-bond donors (Lipinski definition) is 0. The van der Waals surface area contributed by atoms with E-state index < -0.39 is 0 Å². The third-order valence-corrected chi connectivity index (χ3v) is 4.37. The number of ether oxygens (including phenoxy) is 2. The average Bonchev–Trinajstić information content (AvgIpc) is 2.70. The van der Waals surface area contributed by atoms with Crippen molar-refractivity contribution < 1.29 is 14.6 Å². The molecule has 0 N–H and O–H groups in total. The molecule has 0 saturated heterocycles. The molecule has 3 aromatic carbocycles. The number of benzene rings is 3. The molecule has 0 spiro atoms.